The lowest BCUT2D eigenvalue weighted by Gasteiger charge is -2.08. The molecule has 0 aliphatic rings. The Labute approximate surface area is 86.8 Å². The molecule has 3 nitrogen and oxygen atoms in total. The van der Waals surface area contributed by atoms with Gasteiger partial charge in [0.25, 0.3) is 0 Å². The molecule has 0 amide bonds. The molecule has 1 heterocycles. The lowest BCUT2D eigenvalue weighted by molar-refractivity contribution is 0.628. The maximum Gasteiger partial charge on any atom is 0.125 e. The molecule has 0 bridgehead atoms. The van der Waals surface area contributed by atoms with Gasteiger partial charge in [-0.1, -0.05) is 0 Å². The third-order valence-electron chi connectivity index (χ3n) is 1.95. The quantitative estimate of drug-likeness (QED) is 0.737. The van der Waals surface area contributed by atoms with Crippen LogP contribution >= 0.6 is 0 Å². The van der Waals surface area contributed by atoms with Crippen molar-refractivity contribution in [3.63, 3.8) is 0 Å². The number of rotatable bonds is 2. The molecule has 15 heavy (non-hydrogen) atoms. The average molecular weight is 203 g/mol. The molecule has 2 aromatic rings. The van der Waals surface area contributed by atoms with E-state index in [4.69, 9.17) is 5.73 Å². The molecule has 0 saturated carbocycles. The van der Waals surface area contributed by atoms with E-state index in [1.807, 2.05) is 12.1 Å². The molecule has 3 N–H and O–H groups in total. The topological polar surface area (TPSA) is 50.9 Å². The average Bonchev–Trinajstić information content (AvgIpc) is 2.24. The summed E-state index contributed by atoms with van der Waals surface area (Å²) in [6.45, 7) is 0. The van der Waals surface area contributed by atoms with Crippen LogP contribution in [0.15, 0.2) is 42.7 Å². The molecular weight excluding hydrogens is 193 g/mol. The summed E-state index contributed by atoms with van der Waals surface area (Å²) in [6, 6.07) is 7.89. The van der Waals surface area contributed by atoms with E-state index in [9.17, 15) is 4.39 Å². The normalized spacial score (nSPS) is 9.93. The van der Waals surface area contributed by atoms with Gasteiger partial charge in [0.05, 0.1) is 23.3 Å². The minimum Gasteiger partial charge on any atom is -0.397 e. The Balaban J connectivity index is 2.25. The molecule has 0 unspecified atom stereocenters. The van der Waals surface area contributed by atoms with Gasteiger partial charge in [-0.25, -0.2) is 4.39 Å². The maximum atomic E-state index is 12.8. The number of hydrogen-bond acceptors (Lipinski definition) is 3. The number of aromatic nitrogens is 1. The van der Waals surface area contributed by atoms with Crippen LogP contribution in [-0.4, -0.2) is 4.98 Å². The molecule has 4 heteroatoms. The van der Waals surface area contributed by atoms with E-state index < -0.39 is 0 Å². The second-order valence-electron chi connectivity index (χ2n) is 3.10. The summed E-state index contributed by atoms with van der Waals surface area (Å²) in [7, 11) is 0. The number of hydrogen-bond donors (Lipinski definition) is 2. The van der Waals surface area contributed by atoms with Gasteiger partial charge in [-0.15, -0.1) is 0 Å². The summed E-state index contributed by atoms with van der Waals surface area (Å²) >= 11 is 0. The fourth-order valence-corrected chi connectivity index (χ4v) is 1.24. The molecule has 0 spiro atoms. The predicted molar refractivity (Wildman–Crippen MR) is 58.3 cm³/mol. The zero-order valence-electron chi connectivity index (χ0n) is 7.94. The van der Waals surface area contributed by atoms with Crippen LogP contribution in [-0.2, 0) is 0 Å². The van der Waals surface area contributed by atoms with Crippen LogP contribution in [0.4, 0.5) is 21.5 Å². The van der Waals surface area contributed by atoms with Crippen molar-refractivity contribution in [1.82, 2.24) is 4.98 Å². The van der Waals surface area contributed by atoms with Crippen LogP contribution in [0.1, 0.15) is 0 Å². The van der Waals surface area contributed by atoms with Crippen molar-refractivity contribution in [3.8, 4) is 0 Å². The van der Waals surface area contributed by atoms with E-state index in [0.717, 1.165) is 5.69 Å². The molecule has 0 radical (unpaired) electrons. The van der Waals surface area contributed by atoms with Crippen molar-refractivity contribution in [3.05, 3.63) is 48.5 Å². The highest BCUT2D eigenvalue weighted by Crippen LogP contribution is 2.22. The minimum atomic E-state index is -0.343. The highest BCUT2D eigenvalue weighted by atomic mass is 19.1. The maximum absolute atomic E-state index is 12.8. The Morgan fingerprint density at radius 2 is 2.13 bits per heavy atom. The second-order valence-corrected chi connectivity index (χ2v) is 3.10. The smallest absolute Gasteiger partial charge is 0.125 e. The van der Waals surface area contributed by atoms with Gasteiger partial charge >= 0.3 is 0 Å². The van der Waals surface area contributed by atoms with E-state index in [2.05, 4.69) is 10.3 Å². The molecule has 1 aromatic heterocycles. The number of nitrogens with two attached hydrogens (primary N) is 1. The van der Waals surface area contributed by atoms with Crippen molar-refractivity contribution < 1.29 is 4.39 Å². The number of nitrogens with zero attached hydrogens (tertiary/aromatic N) is 1. The largest absolute Gasteiger partial charge is 0.397 e. The van der Waals surface area contributed by atoms with Crippen molar-refractivity contribution >= 4 is 17.1 Å². The third-order valence-corrected chi connectivity index (χ3v) is 1.95. The fourth-order valence-electron chi connectivity index (χ4n) is 1.24. The van der Waals surface area contributed by atoms with Gasteiger partial charge in [-0.05, 0) is 30.3 Å². The van der Waals surface area contributed by atoms with Crippen LogP contribution < -0.4 is 11.1 Å². The monoisotopic (exact) mass is 203 g/mol. The van der Waals surface area contributed by atoms with E-state index in [-0.39, 0.29) is 5.82 Å². The second kappa shape index (κ2) is 3.96. The number of nitrogens with one attached hydrogen (secondary N) is 1. The van der Waals surface area contributed by atoms with Gasteiger partial charge in [0.15, 0.2) is 0 Å². The van der Waals surface area contributed by atoms with Crippen LogP contribution in [0.5, 0.6) is 0 Å². The van der Waals surface area contributed by atoms with E-state index >= 15 is 0 Å². The predicted octanol–water partition coefficient (Wildman–Crippen LogP) is 2.55. The molecule has 1 aromatic carbocycles. The number of halogens is 1. The highest BCUT2D eigenvalue weighted by Gasteiger charge is 2.00. The fraction of sp³-hybridized carbons (Fsp3) is 0. The third kappa shape index (κ3) is 2.22. The Bertz CT molecular complexity index is 457. The van der Waals surface area contributed by atoms with Gasteiger partial charge in [0, 0.05) is 6.20 Å². The zero-order valence-corrected chi connectivity index (χ0v) is 7.94. The van der Waals surface area contributed by atoms with E-state index in [1.54, 1.807) is 18.5 Å². The molecule has 76 valence electrons. The first-order valence-electron chi connectivity index (χ1n) is 4.48. The standard InChI is InChI=1S/C11H10FN3/c12-8-3-4-11(10(13)6-8)15-9-2-1-5-14-7-9/h1-7,15H,13H2. The molecule has 0 saturated heterocycles. The Morgan fingerprint density at radius 1 is 1.27 bits per heavy atom. The van der Waals surface area contributed by atoms with Gasteiger partial charge in [-0.2, -0.15) is 0 Å². The molecule has 2 rings (SSSR count). The minimum absolute atomic E-state index is 0.343. The molecular formula is C11H10FN3. The molecule has 0 aliphatic heterocycles. The van der Waals surface area contributed by atoms with Crippen molar-refractivity contribution in [2.75, 3.05) is 11.1 Å². The van der Waals surface area contributed by atoms with Crippen LogP contribution in [0.2, 0.25) is 0 Å². The highest BCUT2D eigenvalue weighted by molar-refractivity contribution is 5.71. The van der Waals surface area contributed by atoms with Crippen molar-refractivity contribution in [2.45, 2.75) is 0 Å². The van der Waals surface area contributed by atoms with Gasteiger partial charge in [0.2, 0.25) is 0 Å². The van der Waals surface area contributed by atoms with E-state index in [1.165, 1.54) is 12.1 Å². The molecule has 0 fully saturated rings. The first-order valence-corrected chi connectivity index (χ1v) is 4.48. The molecule has 0 aliphatic carbocycles. The first-order chi connectivity index (χ1) is 7.25. The van der Waals surface area contributed by atoms with Gasteiger partial charge in [0.1, 0.15) is 5.82 Å². The first kappa shape index (κ1) is 9.45. The number of pyridine rings is 1. The van der Waals surface area contributed by atoms with E-state index in [0.29, 0.717) is 11.4 Å². The summed E-state index contributed by atoms with van der Waals surface area (Å²) < 4.78 is 12.8. The van der Waals surface area contributed by atoms with Crippen LogP contribution in [0.25, 0.3) is 0 Å². The summed E-state index contributed by atoms with van der Waals surface area (Å²) in [6.07, 6.45) is 3.35. The Hall–Kier alpha value is -2.10. The van der Waals surface area contributed by atoms with Crippen LogP contribution in [0.3, 0.4) is 0 Å². The Kier molecular flexibility index (Phi) is 2.49. The molecule has 0 atom stereocenters. The van der Waals surface area contributed by atoms with Gasteiger partial charge in [-0.3, -0.25) is 4.98 Å². The zero-order chi connectivity index (χ0) is 10.7. The summed E-state index contributed by atoms with van der Waals surface area (Å²) in [5.74, 6) is -0.343. The van der Waals surface area contributed by atoms with Crippen molar-refractivity contribution in [1.29, 1.82) is 0 Å². The number of benzene rings is 1. The summed E-state index contributed by atoms with van der Waals surface area (Å²) in [5.41, 5.74) is 7.51. The SMILES string of the molecule is Nc1cc(F)ccc1Nc1cccnc1. The van der Waals surface area contributed by atoms with Crippen molar-refractivity contribution in [2.24, 2.45) is 0 Å². The Morgan fingerprint density at radius 3 is 2.80 bits per heavy atom. The summed E-state index contributed by atoms with van der Waals surface area (Å²) in [5, 5.41) is 3.05. The summed E-state index contributed by atoms with van der Waals surface area (Å²) in [4.78, 5) is 3.95. The lowest BCUT2D eigenvalue weighted by Crippen LogP contribution is -1.96. The lowest BCUT2D eigenvalue weighted by atomic mass is 10.2. The van der Waals surface area contributed by atoms with Crippen LogP contribution in [0, 0.1) is 5.82 Å². The van der Waals surface area contributed by atoms with Gasteiger partial charge < -0.3 is 11.1 Å². The number of nitrogen functional groups attached to an aromatic ring is 1. The number of anilines is 3.